The lowest BCUT2D eigenvalue weighted by Crippen LogP contribution is -2.00. The summed E-state index contributed by atoms with van der Waals surface area (Å²) in [7, 11) is 0. The average Bonchev–Trinajstić information content (AvgIpc) is 2.28. The largest absolute Gasteiger partial charge is 0.389 e. The minimum Gasteiger partial charge on any atom is -0.389 e. The van der Waals surface area contributed by atoms with Gasteiger partial charge in [0.1, 0.15) is 0 Å². The molecule has 1 aromatic carbocycles. The van der Waals surface area contributed by atoms with Crippen molar-refractivity contribution in [2.24, 2.45) is 0 Å². The summed E-state index contributed by atoms with van der Waals surface area (Å²) in [5, 5.41) is 9.65. The van der Waals surface area contributed by atoms with Crippen LogP contribution in [0.4, 0.5) is 0 Å². The van der Waals surface area contributed by atoms with Gasteiger partial charge in [-0.2, -0.15) is 0 Å². The van der Waals surface area contributed by atoms with Gasteiger partial charge < -0.3 is 5.11 Å². The van der Waals surface area contributed by atoms with Crippen LogP contribution in [0.5, 0.6) is 0 Å². The lowest BCUT2D eigenvalue weighted by Gasteiger charge is -2.03. The molecular weight excluding hydrogens is 184 g/mol. The second kappa shape index (κ2) is 7.24. The topological polar surface area (TPSA) is 20.2 Å². The van der Waals surface area contributed by atoms with E-state index in [0.29, 0.717) is 0 Å². The summed E-state index contributed by atoms with van der Waals surface area (Å²) in [5.74, 6) is 0. The smallest absolute Gasteiger partial charge is 0.0724 e. The maximum absolute atomic E-state index is 9.65. The number of benzene rings is 1. The Balaban J connectivity index is 2.31. The Morgan fingerprint density at radius 3 is 2.60 bits per heavy atom. The van der Waals surface area contributed by atoms with Crippen LogP contribution in [0.3, 0.4) is 0 Å². The molecular formula is C14H20O. The summed E-state index contributed by atoms with van der Waals surface area (Å²) in [5.41, 5.74) is 1.15. The quantitative estimate of drug-likeness (QED) is 0.701. The first-order valence-electron chi connectivity index (χ1n) is 5.74. The number of hydrogen-bond acceptors (Lipinski definition) is 1. The molecule has 1 aromatic rings. The second-order valence-electron chi connectivity index (χ2n) is 3.83. The van der Waals surface area contributed by atoms with Gasteiger partial charge in [0.25, 0.3) is 0 Å². The molecule has 0 saturated heterocycles. The molecule has 0 saturated carbocycles. The molecule has 0 amide bonds. The number of aliphatic hydroxyl groups is 1. The highest BCUT2D eigenvalue weighted by Gasteiger charge is 1.97. The number of rotatable bonds is 6. The number of hydrogen-bond donors (Lipinski definition) is 1. The van der Waals surface area contributed by atoms with Crippen LogP contribution in [0.25, 0.3) is 6.08 Å². The van der Waals surface area contributed by atoms with Gasteiger partial charge in [0.2, 0.25) is 0 Å². The molecule has 1 nitrogen and oxygen atoms in total. The van der Waals surface area contributed by atoms with Gasteiger partial charge >= 0.3 is 0 Å². The van der Waals surface area contributed by atoms with Gasteiger partial charge in [-0.05, 0) is 12.0 Å². The molecule has 1 rings (SSSR count). The molecule has 0 spiro atoms. The van der Waals surface area contributed by atoms with Crippen LogP contribution in [0.2, 0.25) is 0 Å². The van der Waals surface area contributed by atoms with E-state index < -0.39 is 0 Å². The Morgan fingerprint density at radius 2 is 1.93 bits per heavy atom. The van der Waals surface area contributed by atoms with Crippen molar-refractivity contribution >= 4 is 6.08 Å². The molecule has 0 fully saturated rings. The molecule has 0 aromatic heterocycles. The van der Waals surface area contributed by atoms with Crippen molar-refractivity contribution in [3.8, 4) is 0 Å². The minimum absolute atomic E-state index is 0.295. The van der Waals surface area contributed by atoms with Crippen molar-refractivity contribution in [1.82, 2.24) is 0 Å². The van der Waals surface area contributed by atoms with E-state index in [4.69, 9.17) is 0 Å². The summed E-state index contributed by atoms with van der Waals surface area (Å²) in [6.07, 6.45) is 7.96. The first-order chi connectivity index (χ1) is 7.33. The Kier molecular flexibility index (Phi) is 5.79. The number of unbranched alkanes of at least 4 members (excludes halogenated alkanes) is 2. The van der Waals surface area contributed by atoms with Gasteiger partial charge in [-0.3, -0.25) is 0 Å². The molecule has 15 heavy (non-hydrogen) atoms. The van der Waals surface area contributed by atoms with E-state index in [0.717, 1.165) is 18.4 Å². The van der Waals surface area contributed by atoms with E-state index in [-0.39, 0.29) is 6.10 Å². The van der Waals surface area contributed by atoms with Crippen molar-refractivity contribution < 1.29 is 5.11 Å². The van der Waals surface area contributed by atoms with Gasteiger partial charge in [-0.25, -0.2) is 0 Å². The zero-order chi connectivity index (χ0) is 10.9. The molecule has 0 radical (unpaired) electrons. The summed E-state index contributed by atoms with van der Waals surface area (Å²) < 4.78 is 0. The Labute approximate surface area is 92.5 Å². The van der Waals surface area contributed by atoms with Crippen LogP contribution in [-0.2, 0) is 0 Å². The maximum Gasteiger partial charge on any atom is 0.0724 e. The average molecular weight is 204 g/mol. The van der Waals surface area contributed by atoms with Crippen LogP contribution < -0.4 is 0 Å². The van der Waals surface area contributed by atoms with Gasteiger partial charge in [0.15, 0.2) is 0 Å². The molecule has 0 aliphatic rings. The van der Waals surface area contributed by atoms with E-state index in [1.807, 2.05) is 42.5 Å². The van der Waals surface area contributed by atoms with Crippen molar-refractivity contribution in [3.63, 3.8) is 0 Å². The van der Waals surface area contributed by atoms with Crippen LogP contribution in [0.15, 0.2) is 36.4 Å². The first-order valence-corrected chi connectivity index (χ1v) is 5.74. The monoisotopic (exact) mass is 204 g/mol. The van der Waals surface area contributed by atoms with Crippen molar-refractivity contribution in [2.75, 3.05) is 0 Å². The van der Waals surface area contributed by atoms with Crippen LogP contribution in [0, 0.1) is 0 Å². The zero-order valence-electron chi connectivity index (χ0n) is 9.39. The highest BCUT2D eigenvalue weighted by molar-refractivity contribution is 5.49. The van der Waals surface area contributed by atoms with E-state index in [1.165, 1.54) is 12.8 Å². The molecule has 0 heterocycles. The third kappa shape index (κ3) is 5.38. The molecule has 0 aliphatic carbocycles. The fourth-order valence-corrected chi connectivity index (χ4v) is 1.49. The normalized spacial score (nSPS) is 13.2. The molecule has 1 N–H and O–H groups in total. The fraction of sp³-hybridized carbons (Fsp3) is 0.429. The highest BCUT2D eigenvalue weighted by Crippen LogP contribution is 2.07. The molecule has 0 bridgehead atoms. The summed E-state index contributed by atoms with van der Waals surface area (Å²) in [6.45, 7) is 2.17. The van der Waals surface area contributed by atoms with Crippen LogP contribution in [0.1, 0.15) is 38.2 Å². The summed E-state index contributed by atoms with van der Waals surface area (Å²) in [6, 6.07) is 10.1. The van der Waals surface area contributed by atoms with Gasteiger partial charge in [0.05, 0.1) is 6.10 Å². The Bertz CT molecular complexity index is 277. The van der Waals surface area contributed by atoms with Crippen molar-refractivity contribution in [3.05, 3.63) is 42.0 Å². The van der Waals surface area contributed by atoms with Gasteiger partial charge in [-0.15, -0.1) is 0 Å². The maximum atomic E-state index is 9.65. The molecule has 1 atom stereocenters. The van der Waals surface area contributed by atoms with E-state index in [9.17, 15) is 5.11 Å². The second-order valence-corrected chi connectivity index (χ2v) is 3.83. The first kappa shape index (κ1) is 12.0. The summed E-state index contributed by atoms with van der Waals surface area (Å²) >= 11 is 0. The number of aliphatic hydroxyl groups excluding tert-OH is 1. The Hall–Kier alpha value is -1.08. The Morgan fingerprint density at radius 1 is 1.20 bits per heavy atom. The predicted octanol–water partition coefficient (Wildman–Crippen LogP) is 3.64. The third-order valence-corrected chi connectivity index (χ3v) is 2.41. The molecule has 0 aliphatic heterocycles. The fourth-order valence-electron chi connectivity index (χ4n) is 1.49. The standard InChI is InChI=1S/C14H20O/c1-2-3-5-10-14(15)12-11-13-8-6-4-7-9-13/h4,6-9,11-12,14-15H,2-3,5,10H2,1H3/b12-11-. The third-order valence-electron chi connectivity index (χ3n) is 2.41. The highest BCUT2D eigenvalue weighted by atomic mass is 16.3. The molecule has 82 valence electrons. The molecule has 1 heteroatoms. The SMILES string of the molecule is CCCCCC(O)/C=C\c1ccccc1. The van der Waals surface area contributed by atoms with E-state index in [2.05, 4.69) is 6.92 Å². The van der Waals surface area contributed by atoms with Gasteiger partial charge in [0, 0.05) is 0 Å². The van der Waals surface area contributed by atoms with Crippen LogP contribution >= 0.6 is 0 Å². The lowest BCUT2D eigenvalue weighted by atomic mass is 10.1. The minimum atomic E-state index is -0.295. The zero-order valence-corrected chi connectivity index (χ0v) is 9.39. The van der Waals surface area contributed by atoms with E-state index in [1.54, 1.807) is 0 Å². The van der Waals surface area contributed by atoms with Crippen molar-refractivity contribution in [2.45, 2.75) is 38.7 Å². The predicted molar refractivity (Wildman–Crippen MR) is 65.6 cm³/mol. The molecule has 1 unspecified atom stereocenters. The van der Waals surface area contributed by atoms with Gasteiger partial charge in [-0.1, -0.05) is 68.7 Å². The van der Waals surface area contributed by atoms with E-state index >= 15 is 0 Å². The summed E-state index contributed by atoms with van der Waals surface area (Å²) in [4.78, 5) is 0. The lowest BCUT2D eigenvalue weighted by molar-refractivity contribution is 0.209. The van der Waals surface area contributed by atoms with Crippen molar-refractivity contribution in [1.29, 1.82) is 0 Å². The van der Waals surface area contributed by atoms with Crippen LogP contribution in [-0.4, -0.2) is 11.2 Å².